The van der Waals surface area contributed by atoms with Gasteiger partial charge in [0, 0.05) is 26.2 Å². The molecule has 1 aromatic heterocycles. The van der Waals surface area contributed by atoms with Gasteiger partial charge in [0.15, 0.2) is 5.82 Å². The quantitative estimate of drug-likeness (QED) is 0.792. The molecule has 0 N–H and O–H groups in total. The Labute approximate surface area is 146 Å². The van der Waals surface area contributed by atoms with Crippen LogP contribution in [0.3, 0.4) is 0 Å². The minimum atomic E-state index is -0.332. The van der Waals surface area contributed by atoms with E-state index in [1.54, 1.807) is 11.8 Å². The van der Waals surface area contributed by atoms with Crippen molar-refractivity contribution in [2.45, 2.75) is 51.2 Å². The van der Waals surface area contributed by atoms with Crippen LogP contribution in [0.5, 0.6) is 0 Å². The van der Waals surface area contributed by atoms with Crippen molar-refractivity contribution in [3.63, 3.8) is 0 Å². The Morgan fingerprint density at radius 3 is 2.72 bits per heavy atom. The number of hydrogen-bond donors (Lipinski definition) is 0. The number of carbonyl (C=O) groups is 2. The van der Waals surface area contributed by atoms with Gasteiger partial charge < -0.3 is 19.1 Å². The van der Waals surface area contributed by atoms with Gasteiger partial charge in [-0.2, -0.15) is 4.98 Å². The Morgan fingerprint density at radius 2 is 2.00 bits per heavy atom. The van der Waals surface area contributed by atoms with Crippen molar-refractivity contribution < 1.29 is 18.8 Å². The molecule has 4 rings (SSSR count). The van der Waals surface area contributed by atoms with Gasteiger partial charge in [-0.05, 0) is 38.5 Å². The van der Waals surface area contributed by atoms with Crippen LogP contribution in [0.2, 0.25) is 0 Å². The maximum Gasteiger partial charge on any atom is 0.251 e. The second-order valence-corrected chi connectivity index (χ2v) is 7.23. The third-order valence-electron chi connectivity index (χ3n) is 5.47. The maximum atomic E-state index is 12.5. The third-order valence-corrected chi connectivity index (χ3v) is 5.47. The van der Waals surface area contributed by atoms with Crippen LogP contribution in [0.25, 0.3) is 0 Å². The van der Waals surface area contributed by atoms with Crippen molar-refractivity contribution in [1.82, 2.24) is 19.9 Å². The number of ether oxygens (including phenoxy) is 1. The average Bonchev–Trinajstić information content (AvgIpc) is 3.34. The fraction of sp³-hybridized carbons (Fsp3) is 0.765. The summed E-state index contributed by atoms with van der Waals surface area (Å²) >= 11 is 0. The van der Waals surface area contributed by atoms with Crippen LogP contribution < -0.4 is 0 Å². The lowest BCUT2D eigenvalue weighted by atomic mass is 9.91. The minimum absolute atomic E-state index is 0.0278. The van der Waals surface area contributed by atoms with Gasteiger partial charge >= 0.3 is 0 Å². The second-order valence-electron chi connectivity index (χ2n) is 7.23. The fourth-order valence-electron chi connectivity index (χ4n) is 4.11. The molecule has 4 heterocycles. The Bertz CT molecular complexity index is 655. The number of fused-ring (bicyclic) bond motifs is 1. The first-order valence-corrected chi connectivity index (χ1v) is 9.11. The summed E-state index contributed by atoms with van der Waals surface area (Å²) in [4.78, 5) is 32.8. The number of carbonyl (C=O) groups excluding carboxylic acids is 2. The standard InChI is InChI=1S/C17H24N4O4/c1-11-18-15(25-19-11)9-16(22)21-7-4-12-8-13(24-14(12)10-21)17(23)20-5-2-3-6-20/h12-14H,2-10H2,1H3/t12-,13+,14+/m0/s1. The number of nitrogens with zero attached hydrogens (tertiary/aromatic N) is 4. The summed E-state index contributed by atoms with van der Waals surface area (Å²) in [6.45, 7) is 4.67. The zero-order chi connectivity index (χ0) is 17.4. The highest BCUT2D eigenvalue weighted by Gasteiger charge is 2.44. The Hall–Kier alpha value is -1.96. The van der Waals surface area contributed by atoms with Crippen LogP contribution in [0.15, 0.2) is 4.52 Å². The summed E-state index contributed by atoms with van der Waals surface area (Å²) in [5, 5.41) is 3.71. The molecule has 0 aliphatic carbocycles. The first-order chi connectivity index (χ1) is 12.1. The molecule has 8 heteroatoms. The zero-order valence-electron chi connectivity index (χ0n) is 14.5. The molecule has 3 saturated heterocycles. The smallest absolute Gasteiger partial charge is 0.251 e. The molecule has 0 radical (unpaired) electrons. The molecule has 0 aromatic carbocycles. The first kappa shape index (κ1) is 16.5. The second kappa shape index (κ2) is 6.74. The number of aromatic nitrogens is 2. The molecular weight excluding hydrogens is 324 g/mol. The van der Waals surface area contributed by atoms with Gasteiger partial charge in [-0.3, -0.25) is 9.59 Å². The highest BCUT2D eigenvalue weighted by Crippen LogP contribution is 2.34. The predicted molar refractivity (Wildman–Crippen MR) is 86.5 cm³/mol. The lowest BCUT2D eigenvalue weighted by Gasteiger charge is -2.33. The predicted octanol–water partition coefficient (Wildman–Crippen LogP) is 0.549. The van der Waals surface area contributed by atoms with E-state index in [-0.39, 0.29) is 30.4 Å². The first-order valence-electron chi connectivity index (χ1n) is 9.11. The van der Waals surface area contributed by atoms with E-state index in [1.165, 1.54) is 0 Å². The SMILES string of the molecule is Cc1noc(CC(=O)N2CC[C@H]3C[C@H](C(=O)N4CCCC4)O[C@@H]3C2)n1. The third kappa shape index (κ3) is 3.40. The van der Waals surface area contributed by atoms with Crippen LogP contribution in [0.4, 0.5) is 0 Å². The van der Waals surface area contributed by atoms with E-state index in [2.05, 4.69) is 10.1 Å². The van der Waals surface area contributed by atoms with E-state index in [9.17, 15) is 9.59 Å². The Morgan fingerprint density at radius 1 is 1.20 bits per heavy atom. The molecule has 3 aliphatic heterocycles. The van der Waals surface area contributed by atoms with E-state index in [0.717, 1.165) is 38.8 Å². The number of likely N-dealkylation sites (tertiary alicyclic amines) is 2. The van der Waals surface area contributed by atoms with Gasteiger partial charge in [-0.25, -0.2) is 0 Å². The van der Waals surface area contributed by atoms with Gasteiger partial charge in [0.05, 0.1) is 6.10 Å². The molecule has 3 fully saturated rings. The fourth-order valence-corrected chi connectivity index (χ4v) is 4.11. The van der Waals surface area contributed by atoms with Crippen molar-refractivity contribution in [3.05, 3.63) is 11.7 Å². The molecule has 3 atom stereocenters. The highest BCUT2D eigenvalue weighted by molar-refractivity contribution is 5.81. The van der Waals surface area contributed by atoms with Crippen molar-refractivity contribution in [1.29, 1.82) is 0 Å². The van der Waals surface area contributed by atoms with E-state index in [4.69, 9.17) is 9.26 Å². The van der Waals surface area contributed by atoms with E-state index >= 15 is 0 Å². The number of hydrogen-bond acceptors (Lipinski definition) is 6. The number of amides is 2. The molecule has 0 saturated carbocycles. The van der Waals surface area contributed by atoms with Gasteiger partial charge in [0.2, 0.25) is 11.8 Å². The van der Waals surface area contributed by atoms with Gasteiger partial charge in [0.25, 0.3) is 5.91 Å². The normalized spacial score (nSPS) is 29.1. The summed E-state index contributed by atoms with van der Waals surface area (Å²) in [7, 11) is 0. The molecule has 25 heavy (non-hydrogen) atoms. The van der Waals surface area contributed by atoms with Crippen LogP contribution in [-0.2, 0) is 20.7 Å². The molecular formula is C17H24N4O4. The van der Waals surface area contributed by atoms with Crippen LogP contribution in [-0.4, -0.2) is 70.1 Å². The van der Waals surface area contributed by atoms with Gasteiger partial charge in [0.1, 0.15) is 12.5 Å². The summed E-state index contributed by atoms with van der Waals surface area (Å²) in [5.41, 5.74) is 0. The molecule has 136 valence electrons. The molecule has 2 amide bonds. The topological polar surface area (TPSA) is 88.8 Å². The van der Waals surface area contributed by atoms with Crippen LogP contribution in [0.1, 0.15) is 37.4 Å². The van der Waals surface area contributed by atoms with Crippen LogP contribution in [0, 0.1) is 12.8 Å². The van der Waals surface area contributed by atoms with Crippen molar-refractivity contribution >= 4 is 11.8 Å². The largest absolute Gasteiger partial charge is 0.363 e. The monoisotopic (exact) mass is 348 g/mol. The molecule has 1 aromatic rings. The van der Waals surface area contributed by atoms with E-state index < -0.39 is 0 Å². The number of rotatable bonds is 3. The Balaban J connectivity index is 1.33. The van der Waals surface area contributed by atoms with Gasteiger partial charge in [-0.1, -0.05) is 5.16 Å². The van der Waals surface area contributed by atoms with Crippen molar-refractivity contribution in [2.75, 3.05) is 26.2 Å². The summed E-state index contributed by atoms with van der Waals surface area (Å²) in [6.07, 6.45) is 3.58. The lowest BCUT2D eigenvalue weighted by molar-refractivity contribution is -0.144. The number of aryl methyl sites for hydroxylation is 1. The highest BCUT2D eigenvalue weighted by atomic mass is 16.5. The van der Waals surface area contributed by atoms with E-state index in [1.807, 2.05) is 4.90 Å². The van der Waals surface area contributed by atoms with Crippen LogP contribution >= 0.6 is 0 Å². The lowest BCUT2D eigenvalue weighted by Crippen LogP contribution is -2.46. The van der Waals surface area contributed by atoms with Crippen molar-refractivity contribution in [2.24, 2.45) is 5.92 Å². The Kier molecular flexibility index (Phi) is 4.45. The average molecular weight is 348 g/mol. The summed E-state index contributed by atoms with van der Waals surface area (Å²) < 4.78 is 11.1. The summed E-state index contributed by atoms with van der Waals surface area (Å²) in [6, 6.07) is 0. The summed E-state index contributed by atoms with van der Waals surface area (Å²) in [5.74, 6) is 1.35. The van der Waals surface area contributed by atoms with E-state index in [0.29, 0.717) is 30.7 Å². The minimum Gasteiger partial charge on any atom is -0.363 e. The van der Waals surface area contributed by atoms with Crippen molar-refractivity contribution in [3.8, 4) is 0 Å². The zero-order valence-corrected chi connectivity index (χ0v) is 14.5. The molecule has 0 spiro atoms. The molecule has 0 unspecified atom stereocenters. The number of piperidine rings is 1. The molecule has 8 nitrogen and oxygen atoms in total. The molecule has 0 bridgehead atoms. The maximum absolute atomic E-state index is 12.5. The van der Waals surface area contributed by atoms with Gasteiger partial charge in [-0.15, -0.1) is 0 Å². The molecule has 3 aliphatic rings.